The Balaban J connectivity index is 2.23. The Morgan fingerprint density at radius 2 is 1.95 bits per heavy atom. The van der Waals surface area contributed by atoms with Gasteiger partial charge in [-0.25, -0.2) is 4.98 Å². The highest BCUT2D eigenvalue weighted by Crippen LogP contribution is 2.21. The van der Waals surface area contributed by atoms with Gasteiger partial charge in [-0.3, -0.25) is 10.1 Å². The zero-order valence-electron chi connectivity index (χ0n) is 11.8. The predicted octanol–water partition coefficient (Wildman–Crippen LogP) is 2.81. The Hall–Kier alpha value is -2.94. The number of nitriles is 1. The molecule has 6 nitrogen and oxygen atoms in total. The highest BCUT2D eigenvalue weighted by Gasteiger charge is 2.16. The van der Waals surface area contributed by atoms with Gasteiger partial charge in [0.2, 0.25) is 5.69 Å². The summed E-state index contributed by atoms with van der Waals surface area (Å²) in [6.45, 7) is 2.63. The minimum absolute atomic E-state index is 0.173. The minimum Gasteiger partial charge on any atom is -0.355 e. The number of nitro groups is 1. The average Bonchev–Trinajstić information content (AvgIpc) is 2.48. The second-order valence-corrected chi connectivity index (χ2v) is 4.75. The van der Waals surface area contributed by atoms with E-state index in [9.17, 15) is 10.1 Å². The first-order valence-corrected chi connectivity index (χ1v) is 6.33. The quantitative estimate of drug-likeness (QED) is 0.636. The Morgan fingerprint density at radius 1 is 1.29 bits per heavy atom. The number of hydrogen-bond acceptors (Lipinski definition) is 5. The molecule has 0 N–H and O–H groups in total. The number of nitrogens with zero attached hydrogens (tertiary/aromatic N) is 4. The fourth-order valence-corrected chi connectivity index (χ4v) is 1.93. The van der Waals surface area contributed by atoms with Crippen molar-refractivity contribution in [1.82, 2.24) is 4.98 Å². The lowest BCUT2D eigenvalue weighted by Gasteiger charge is -2.18. The molecule has 0 aliphatic carbocycles. The zero-order valence-corrected chi connectivity index (χ0v) is 11.8. The van der Waals surface area contributed by atoms with Crippen LogP contribution in [0, 0.1) is 28.4 Å². The van der Waals surface area contributed by atoms with Gasteiger partial charge in [-0.15, -0.1) is 0 Å². The van der Waals surface area contributed by atoms with Gasteiger partial charge < -0.3 is 4.90 Å². The lowest BCUT2D eigenvalue weighted by atomic mass is 10.1. The van der Waals surface area contributed by atoms with E-state index in [0.717, 1.165) is 5.56 Å². The molecule has 1 heterocycles. The van der Waals surface area contributed by atoms with E-state index < -0.39 is 4.92 Å². The summed E-state index contributed by atoms with van der Waals surface area (Å²) in [6.07, 6.45) is 0. The molecule has 0 saturated heterocycles. The summed E-state index contributed by atoms with van der Waals surface area (Å²) in [7, 11) is 1.83. The number of benzene rings is 1. The molecular weight excluding hydrogens is 268 g/mol. The summed E-state index contributed by atoms with van der Waals surface area (Å²) in [4.78, 5) is 16.1. The van der Waals surface area contributed by atoms with Crippen LogP contribution in [0.1, 0.15) is 16.8 Å². The van der Waals surface area contributed by atoms with Crippen LogP contribution < -0.4 is 4.90 Å². The SMILES string of the molecule is Cc1ccc(CN(C)c2ccc([N+](=O)[O-])c(C#N)n2)cc1. The van der Waals surface area contributed by atoms with Crippen LogP contribution in [-0.2, 0) is 6.54 Å². The predicted molar refractivity (Wildman–Crippen MR) is 78.9 cm³/mol. The van der Waals surface area contributed by atoms with Crippen LogP contribution in [0.3, 0.4) is 0 Å². The minimum atomic E-state index is -0.602. The van der Waals surface area contributed by atoms with E-state index in [-0.39, 0.29) is 11.4 Å². The van der Waals surface area contributed by atoms with Gasteiger partial charge in [0.25, 0.3) is 0 Å². The molecule has 0 aliphatic heterocycles. The molecule has 0 fully saturated rings. The first-order chi connectivity index (χ1) is 10.0. The summed E-state index contributed by atoms with van der Waals surface area (Å²) in [5, 5.41) is 19.7. The number of aryl methyl sites for hydroxylation is 1. The van der Waals surface area contributed by atoms with Gasteiger partial charge in [0, 0.05) is 19.7 Å². The fraction of sp³-hybridized carbons (Fsp3) is 0.200. The zero-order chi connectivity index (χ0) is 15.4. The van der Waals surface area contributed by atoms with Crippen LogP contribution in [-0.4, -0.2) is 17.0 Å². The highest BCUT2D eigenvalue weighted by atomic mass is 16.6. The average molecular weight is 282 g/mol. The third-order valence-electron chi connectivity index (χ3n) is 3.09. The van der Waals surface area contributed by atoms with E-state index in [0.29, 0.717) is 12.4 Å². The molecule has 21 heavy (non-hydrogen) atoms. The van der Waals surface area contributed by atoms with E-state index in [1.54, 1.807) is 12.1 Å². The van der Waals surface area contributed by atoms with Gasteiger partial charge in [-0.1, -0.05) is 29.8 Å². The smallest absolute Gasteiger partial charge is 0.305 e. The molecule has 2 rings (SSSR count). The van der Waals surface area contributed by atoms with Crippen LogP contribution in [0.4, 0.5) is 11.5 Å². The monoisotopic (exact) mass is 282 g/mol. The molecule has 2 aromatic rings. The third-order valence-corrected chi connectivity index (χ3v) is 3.09. The van der Waals surface area contributed by atoms with Crippen molar-refractivity contribution < 1.29 is 4.92 Å². The molecule has 0 amide bonds. The lowest BCUT2D eigenvalue weighted by molar-refractivity contribution is -0.385. The largest absolute Gasteiger partial charge is 0.355 e. The van der Waals surface area contributed by atoms with Crippen molar-refractivity contribution in [1.29, 1.82) is 5.26 Å². The fourth-order valence-electron chi connectivity index (χ4n) is 1.93. The van der Waals surface area contributed by atoms with Gasteiger partial charge in [0.05, 0.1) is 4.92 Å². The summed E-state index contributed by atoms with van der Waals surface area (Å²) in [6, 6.07) is 12.7. The molecule has 6 heteroatoms. The molecule has 0 spiro atoms. The Morgan fingerprint density at radius 3 is 2.52 bits per heavy atom. The second-order valence-electron chi connectivity index (χ2n) is 4.75. The molecular formula is C15H14N4O2. The van der Waals surface area contributed by atoms with Crippen molar-refractivity contribution in [3.8, 4) is 6.07 Å². The molecule has 0 aliphatic rings. The van der Waals surface area contributed by atoms with E-state index in [2.05, 4.69) is 4.98 Å². The van der Waals surface area contributed by atoms with Crippen molar-refractivity contribution in [3.05, 3.63) is 63.3 Å². The maximum atomic E-state index is 10.8. The Kier molecular flexibility index (Phi) is 4.14. The van der Waals surface area contributed by atoms with Crippen molar-refractivity contribution in [2.45, 2.75) is 13.5 Å². The molecule has 1 aromatic carbocycles. The first kappa shape index (κ1) is 14.5. The number of pyridine rings is 1. The van der Waals surface area contributed by atoms with Crippen LogP contribution in [0.25, 0.3) is 0 Å². The van der Waals surface area contributed by atoms with Gasteiger partial charge in [-0.2, -0.15) is 5.26 Å². The van der Waals surface area contributed by atoms with Crippen molar-refractivity contribution >= 4 is 11.5 Å². The van der Waals surface area contributed by atoms with E-state index in [1.165, 1.54) is 11.6 Å². The molecule has 1 aromatic heterocycles. The molecule has 0 unspecified atom stereocenters. The summed E-state index contributed by atoms with van der Waals surface area (Å²) >= 11 is 0. The number of anilines is 1. The topological polar surface area (TPSA) is 83.1 Å². The third kappa shape index (κ3) is 3.34. The van der Waals surface area contributed by atoms with Crippen molar-refractivity contribution in [3.63, 3.8) is 0 Å². The molecule has 0 bridgehead atoms. The maximum Gasteiger partial charge on any atom is 0.305 e. The number of rotatable bonds is 4. The van der Waals surface area contributed by atoms with Crippen LogP contribution in [0.15, 0.2) is 36.4 Å². The summed E-state index contributed by atoms with van der Waals surface area (Å²) in [5.74, 6) is 0.526. The Labute approximate surface area is 122 Å². The maximum absolute atomic E-state index is 10.8. The van der Waals surface area contributed by atoms with Crippen LogP contribution >= 0.6 is 0 Å². The molecule has 0 atom stereocenters. The van der Waals surface area contributed by atoms with E-state index in [1.807, 2.05) is 43.1 Å². The van der Waals surface area contributed by atoms with E-state index in [4.69, 9.17) is 5.26 Å². The van der Waals surface area contributed by atoms with Gasteiger partial charge >= 0.3 is 5.69 Å². The molecule has 0 saturated carbocycles. The molecule has 0 radical (unpaired) electrons. The van der Waals surface area contributed by atoms with Crippen LogP contribution in [0.2, 0.25) is 0 Å². The summed E-state index contributed by atoms with van der Waals surface area (Å²) in [5.41, 5.74) is 1.83. The lowest BCUT2D eigenvalue weighted by Crippen LogP contribution is -2.18. The van der Waals surface area contributed by atoms with Gasteiger partial charge in [0.1, 0.15) is 11.9 Å². The van der Waals surface area contributed by atoms with Crippen molar-refractivity contribution in [2.75, 3.05) is 11.9 Å². The van der Waals surface area contributed by atoms with E-state index >= 15 is 0 Å². The first-order valence-electron chi connectivity index (χ1n) is 6.33. The summed E-state index contributed by atoms with van der Waals surface area (Å²) < 4.78 is 0. The molecule has 106 valence electrons. The van der Waals surface area contributed by atoms with Gasteiger partial charge in [0.15, 0.2) is 0 Å². The van der Waals surface area contributed by atoms with Gasteiger partial charge in [-0.05, 0) is 18.6 Å². The number of hydrogen-bond donors (Lipinski definition) is 0. The normalized spacial score (nSPS) is 9.95. The Bertz CT molecular complexity index is 705. The number of aromatic nitrogens is 1. The van der Waals surface area contributed by atoms with Crippen LogP contribution in [0.5, 0.6) is 0 Å². The standard InChI is InChI=1S/C15H14N4O2/c1-11-3-5-12(6-4-11)10-18(2)15-8-7-14(19(20)21)13(9-16)17-15/h3-8H,10H2,1-2H3. The van der Waals surface area contributed by atoms with Crippen molar-refractivity contribution in [2.24, 2.45) is 0 Å². The highest BCUT2D eigenvalue weighted by molar-refractivity contribution is 5.51. The second kappa shape index (κ2) is 6.01.